The maximum Gasteiger partial charge on any atom is 0.293 e. The fourth-order valence-corrected chi connectivity index (χ4v) is 7.25. The lowest BCUT2D eigenvalue weighted by atomic mass is 9.50. The zero-order valence-electron chi connectivity index (χ0n) is 18.0. The summed E-state index contributed by atoms with van der Waals surface area (Å²) >= 11 is 1.46. The van der Waals surface area contributed by atoms with E-state index in [2.05, 4.69) is 20.8 Å². The van der Waals surface area contributed by atoms with Crippen LogP contribution in [0.4, 0.5) is 16.5 Å². The van der Waals surface area contributed by atoms with E-state index in [9.17, 15) is 14.9 Å². The first kappa shape index (κ1) is 21.3. The Bertz CT molecular complexity index is 1000. The Morgan fingerprint density at radius 1 is 1.22 bits per heavy atom. The second kappa shape index (κ2) is 8.40. The van der Waals surface area contributed by atoms with Gasteiger partial charge in [0.05, 0.1) is 11.5 Å². The Hall–Kier alpha value is -2.59. The van der Waals surface area contributed by atoms with Crippen LogP contribution in [-0.4, -0.2) is 41.3 Å². The van der Waals surface area contributed by atoms with Crippen LogP contribution in [0.15, 0.2) is 18.2 Å². The molecule has 2 N–H and O–H groups in total. The third-order valence-electron chi connectivity index (χ3n) is 7.22. The van der Waals surface area contributed by atoms with Crippen molar-refractivity contribution in [2.24, 2.45) is 17.8 Å². The van der Waals surface area contributed by atoms with Gasteiger partial charge in [0.1, 0.15) is 10.7 Å². The summed E-state index contributed by atoms with van der Waals surface area (Å²) in [5.74, 6) is 1.99. The number of nitro benzene ring substituents is 1. The van der Waals surface area contributed by atoms with Crippen LogP contribution in [-0.2, 0) is 10.2 Å². The van der Waals surface area contributed by atoms with Crippen molar-refractivity contribution < 1.29 is 14.5 Å². The zero-order chi connectivity index (χ0) is 22.3. The average molecular weight is 458 g/mol. The monoisotopic (exact) mass is 457 g/mol. The molecule has 10 heteroatoms. The number of nitrogens with zero attached hydrogens (tertiary/aromatic N) is 3. The Morgan fingerprint density at radius 3 is 2.53 bits per heavy atom. The number of rotatable bonds is 8. The van der Waals surface area contributed by atoms with Crippen molar-refractivity contribution in [2.45, 2.75) is 43.9 Å². The molecule has 1 heterocycles. The number of hydrogen-bond acceptors (Lipinski definition) is 8. The molecule has 4 bridgehead atoms. The molecular formula is C22H27N5O4S. The molecule has 170 valence electrons. The molecule has 9 nitrogen and oxygen atoms in total. The summed E-state index contributed by atoms with van der Waals surface area (Å²) in [5, 5.41) is 27.4. The molecule has 0 unspecified atom stereocenters. The molecule has 0 atom stereocenters. The van der Waals surface area contributed by atoms with Gasteiger partial charge in [-0.3, -0.25) is 20.2 Å². The predicted molar refractivity (Wildman–Crippen MR) is 121 cm³/mol. The number of nitrogens with one attached hydrogen (secondary N) is 2. The third-order valence-corrected chi connectivity index (χ3v) is 8.30. The summed E-state index contributed by atoms with van der Waals surface area (Å²) in [6.07, 6.45) is 7.63. The van der Waals surface area contributed by atoms with Crippen LogP contribution in [0.1, 0.15) is 53.9 Å². The van der Waals surface area contributed by atoms with Gasteiger partial charge in [-0.15, -0.1) is 10.2 Å². The largest absolute Gasteiger partial charge is 0.383 e. The predicted octanol–water partition coefficient (Wildman–Crippen LogP) is 4.22. The van der Waals surface area contributed by atoms with E-state index < -0.39 is 10.8 Å². The summed E-state index contributed by atoms with van der Waals surface area (Å²) in [6, 6.07) is 4.40. The number of hydrogen-bond donors (Lipinski definition) is 2. The van der Waals surface area contributed by atoms with E-state index >= 15 is 0 Å². The summed E-state index contributed by atoms with van der Waals surface area (Å²) in [4.78, 5) is 23.8. The molecule has 2 aromatic rings. The number of aromatic nitrogens is 2. The van der Waals surface area contributed by atoms with E-state index in [1.165, 1.54) is 55.9 Å². The number of anilines is 2. The average Bonchev–Trinajstić information content (AvgIpc) is 3.22. The molecule has 0 saturated heterocycles. The third kappa shape index (κ3) is 3.97. The summed E-state index contributed by atoms with van der Waals surface area (Å²) in [5.41, 5.74) is 0.536. The van der Waals surface area contributed by atoms with Crippen LogP contribution in [0.5, 0.6) is 0 Å². The van der Waals surface area contributed by atoms with Crippen molar-refractivity contribution in [3.05, 3.63) is 38.9 Å². The van der Waals surface area contributed by atoms with E-state index in [-0.39, 0.29) is 16.7 Å². The molecule has 6 rings (SSSR count). The van der Waals surface area contributed by atoms with Crippen molar-refractivity contribution in [1.29, 1.82) is 0 Å². The van der Waals surface area contributed by atoms with Crippen LogP contribution in [0.3, 0.4) is 0 Å². The van der Waals surface area contributed by atoms with Crippen LogP contribution >= 0.6 is 11.3 Å². The van der Waals surface area contributed by atoms with Crippen LogP contribution in [0.25, 0.3) is 0 Å². The molecule has 1 aromatic carbocycles. The highest BCUT2D eigenvalue weighted by Gasteiger charge is 2.53. The van der Waals surface area contributed by atoms with Gasteiger partial charge in [0.25, 0.3) is 11.6 Å². The molecule has 1 amide bonds. The lowest BCUT2D eigenvalue weighted by Crippen LogP contribution is -2.48. The van der Waals surface area contributed by atoms with Crippen molar-refractivity contribution in [3.63, 3.8) is 0 Å². The van der Waals surface area contributed by atoms with E-state index in [0.717, 1.165) is 22.8 Å². The smallest absolute Gasteiger partial charge is 0.293 e. The maximum absolute atomic E-state index is 12.8. The van der Waals surface area contributed by atoms with Gasteiger partial charge >= 0.3 is 0 Å². The second-order valence-electron chi connectivity index (χ2n) is 9.47. The highest BCUT2D eigenvalue weighted by molar-refractivity contribution is 7.15. The quantitative estimate of drug-likeness (QED) is 0.346. The molecule has 1 aromatic heterocycles. The van der Waals surface area contributed by atoms with Crippen molar-refractivity contribution in [1.82, 2.24) is 10.2 Å². The minimum Gasteiger partial charge on any atom is -0.383 e. The molecule has 4 aliphatic carbocycles. The summed E-state index contributed by atoms with van der Waals surface area (Å²) in [7, 11) is 1.56. The molecule has 4 saturated carbocycles. The Balaban J connectivity index is 1.30. The Morgan fingerprint density at radius 2 is 1.91 bits per heavy atom. The van der Waals surface area contributed by atoms with E-state index in [4.69, 9.17) is 4.74 Å². The molecule has 0 aliphatic heterocycles. The van der Waals surface area contributed by atoms with Crippen LogP contribution < -0.4 is 10.6 Å². The molecule has 4 aliphatic rings. The number of ether oxygens (including phenoxy) is 1. The van der Waals surface area contributed by atoms with Crippen LogP contribution in [0, 0.1) is 27.9 Å². The molecular weight excluding hydrogens is 430 g/mol. The fourth-order valence-electron chi connectivity index (χ4n) is 6.29. The first-order valence-electron chi connectivity index (χ1n) is 11.1. The standard InChI is InChI=1S/C22H27N5O4S/c1-31-5-4-23-17-3-2-16(9-18(17)27(29)30)19(28)24-21-26-25-20(32-21)22-10-13-6-14(11-22)8-15(7-13)12-22/h2-3,9,13-15,23H,4-8,10-12H2,1H3,(H,24,26,28). The number of nitro groups is 1. The normalized spacial score (nSPS) is 28.0. The number of methoxy groups -OCH3 is 1. The first-order valence-corrected chi connectivity index (χ1v) is 11.9. The fraction of sp³-hybridized carbons (Fsp3) is 0.591. The van der Waals surface area contributed by atoms with Gasteiger partial charge in [0, 0.05) is 30.7 Å². The minimum absolute atomic E-state index is 0.129. The van der Waals surface area contributed by atoms with E-state index in [0.29, 0.717) is 24.0 Å². The summed E-state index contributed by atoms with van der Waals surface area (Å²) in [6.45, 7) is 0.850. The zero-order valence-corrected chi connectivity index (χ0v) is 18.8. The Labute approximate surface area is 190 Å². The van der Waals surface area contributed by atoms with Gasteiger partial charge in [-0.1, -0.05) is 11.3 Å². The van der Waals surface area contributed by atoms with Gasteiger partial charge in [0.15, 0.2) is 0 Å². The number of benzene rings is 1. The SMILES string of the molecule is COCCNc1ccc(C(=O)Nc2nnc(C34CC5CC(CC(C5)C3)C4)s2)cc1[N+](=O)[O-]. The maximum atomic E-state index is 12.8. The van der Waals surface area contributed by atoms with Gasteiger partial charge in [0.2, 0.25) is 5.13 Å². The molecule has 4 fully saturated rings. The van der Waals surface area contributed by atoms with Crippen molar-refractivity contribution in [3.8, 4) is 0 Å². The lowest BCUT2D eigenvalue weighted by molar-refractivity contribution is -0.384. The number of carbonyl (C=O) groups is 1. The second-order valence-corrected chi connectivity index (χ2v) is 10.5. The Kier molecular flexibility index (Phi) is 5.58. The van der Waals surface area contributed by atoms with Gasteiger partial charge in [-0.25, -0.2) is 0 Å². The van der Waals surface area contributed by atoms with E-state index in [1.807, 2.05) is 0 Å². The van der Waals surface area contributed by atoms with Crippen molar-refractivity contribution in [2.75, 3.05) is 30.9 Å². The highest BCUT2D eigenvalue weighted by Crippen LogP contribution is 2.61. The molecule has 0 spiro atoms. The van der Waals surface area contributed by atoms with Crippen LogP contribution in [0.2, 0.25) is 0 Å². The lowest BCUT2D eigenvalue weighted by Gasteiger charge is -2.55. The number of amides is 1. The van der Waals surface area contributed by atoms with Gasteiger partial charge in [-0.2, -0.15) is 0 Å². The molecule has 0 radical (unpaired) electrons. The topological polar surface area (TPSA) is 119 Å². The summed E-state index contributed by atoms with van der Waals surface area (Å²) < 4.78 is 4.96. The molecule has 32 heavy (non-hydrogen) atoms. The first-order chi connectivity index (χ1) is 15.5. The van der Waals surface area contributed by atoms with Gasteiger partial charge < -0.3 is 10.1 Å². The van der Waals surface area contributed by atoms with Crippen molar-refractivity contribution >= 4 is 33.8 Å². The van der Waals surface area contributed by atoms with Gasteiger partial charge in [-0.05, 0) is 68.4 Å². The number of carbonyl (C=O) groups excluding carboxylic acids is 1. The highest BCUT2D eigenvalue weighted by atomic mass is 32.1. The van der Waals surface area contributed by atoms with E-state index in [1.54, 1.807) is 19.2 Å². The minimum atomic E-state index is -0.498.